The van der Waals surface area contributed by atoms with Crippen LogP contribution >= 0.6 is 0 Å². The van der Waals surface area contributed by atoms with E-state index in [1.807, 2.05) is 37.3 Å². The van der Waals surface area contributed by atoms with Crippen molar-refractivity contribution in [1.82, 2.24) is 0 Å². The van der Waals surface area contributed by atoms with Crippen LogP contribution in [0.15, 0.2) is 60.7 Å². The maximum absolute atomic E-state index is 13.8. The summed E-state index contributed by atoms with van der Waals surface area (Å²) in [5.74, 6) is -0.285. The van der Waals surface area contributed by atoms with Crippen LogP contribution in [0.5, 0.6) is 0 Å². The smallest absolute Gasteiger partial charge is 0.167 e. The first-order valence-electron chi connectivity index (χ1n) is 6.91. The number of hydrogen-bond acceptors (Lipinski definition) is 1. The lowest BCUT2D eigenvalue weighted by Crippen LogP contribution is -2.05. The predicted octanol–water partition coefficient (Wildman–Crippen LogP) is 4.71. The molecule has 0 aliphatic heterocycles. The van der Waals surface area contributed by atoms with Gasteiger partial charge in [0, 0.05) is 17.4 Å². The second-order valence-corrected chi connectivity index (χ2v) is 5.23. The minimum absolute atomic E-state index is 0.00931. The second-order valence-electron chi connectivity index (χ2n) is 5.23. The molecule has 0 N–H and O–H groups in total. The Morgan fingerprint density at radius 2 is 1.57 bits per heavy atom. The van der Waals surface area contributed by atoms with Crippen LogP contribution in [0.3, 0.4) is 0 Å². The number of carbonyl (C=O) groups excluding carboxylic acids is 1. The van der Waals surface area contributed by atoms with E-state index in [2.05, 4.69) is 0 Å². The average Bonchev–Trinajstić information content (AvgIpc) is 2.50. The molecule has 2 heteroatoms. The minimum atomic E-state index is -0.294. The standard InChI is InChI=1S/C19H15FO/c1-13-6-8-14(9-7-13)12-19(21)17-10-11-18(20)16-5-3-2-4-15(16)17/h2-11H,12H2,1H3. The van der Waals surface area contributed by atoms with E-state index in [1.165, 1.54) is 11.6 Å². The van der Waals surface area contributed by atoms with Crippen LogP contribution < -0.4 is 0 Å². The molecule has 0 unspecified atom stereocenters. The van der Waals surface area contributed by atoms with Gasteiger partial charge < -0.3 is 0 Å². The van der Waals surface area contributed by atoms with Gasteiger partial charge in [-0.15, -0.1) is 0 Å². The van der Waals surface area contributed by atoms with Crippen molar-refractivity contribution in [3.05, 3.63) is 83.2 Å². The van der Waals surface area contributed by atoms with Crippen molar-refractivity contribution in [2.75, 3.05) is 0 Å². The van der Waals surface area contributed by atoms with Crippen molar-refractivity contribution in [1.29, 1.82) is 0 Å². The van der Waals surface area contributed by atoms with Crippen molar-refractivity contribution >= 4 is 16.6 Å². The Hall–Kier alpha value is -2.48. The van der Waals surface area contributed by atoms with Gasteiger partial charge in [-0.05, 0) is 30.0 Å². The third-order valence-corrected chi connectivity index (χ3v) is 3.66. The molecule has 0 saturated carbocycles. The second kappa shape index (κ2) is 5.49. The van der Waals surface area contributed by atoms with Gasteiger partial charge in [0.15, 0.2) is 5.78 Å². The molecule has 104 valence electrons. The molecule has 0 radical (unpaired) electrons. The van der Waals surface area contributed by atoms with Gasteiger partial charge in [0.2, 0.25) is 0 Å². The van der Waals surface area contributed by atoms with Crippen LogP contribution in [-0.2, 0) is 6.42 Å². The lowest BCUT2D eigenvalue weighted by molar-refractivity contribution is 0.0994. The Balaban J connectivity index is 1.98. The van der Waals surface area contributed by atoms with Gasteiger partial charge >= 0.3 is 0 Å². The SMILES string of the molecule is Cc1ccc(CC(=O)c2ccc(F)c3ccccc23)cc1. The van der Waals surface area contributed by atoms with Gasteiger partial charge in [-0.25, -0.2) is 4.39 Å². The molecule has 3 aromatic carbocycles. The lowest BCUT2D eigenvalue weighted by atomic mass is 9.97. The van der Waals surface area contributed by atoms with Crippen LogP contribution in [0.1, 0.15) is 21.5 Å². The zero-order chi connectivity index (χ0) is 14.8. The third kappa shape index (κ3) is 2.70. The molecular weight excluding hydrogens is 263 g/mol. The number of halogens is 1. The number of Topliss-reactive ketones (excluding diaryl/α,β-unsaturated/α-hetero) is 1. The van der Waals surface area contributed by atoms with Crippen molar-refractivity contribution in [3.8, 4) is 0 Å². The van der Waals surface area contributed by atoms with E-state index in [0.29, 0.717) is 22.8 Å². The summed E-state index contributed by atoms with van der Waals surface area (Å²) in [4.78, 5) is 12.5. The molecule has 3 aromatic rings. The zero-order valence-corrected chi connectivity index (χ0v) is 11.8. The molecule has 0 aliphatic carbocycles. The van der Waals surface area contributed by atoms with Gasteiger partial charge in [-0.3, -0.25) is 4.79 Å². The Bertz CT molecular complexity index is 803. The molecule has 0 atom stereocenters. The highest BCUT2D eigenvalue weighted by atomic mass is 19.1. The number of benzene rings is 3. The van der Waals surface area contributed by atoms with Crippen LogP contribution in [-0.4, -0.2) is 5.78 Å². The van der Waals surface area contributed by atoms with Crippen LogP contribution in [0.2, 0.25) is 0 Å². The Kier molecular flexibility index (Phi) is 3.53. The molecule has 0 aromatic heterocycles. The number of aryl methyl sites for hydroxylation is 1. The Morgan fingerprint density at radius 1 is 0.905 bits per heavy atom. The largest absolute Gasteiger partial charge is 0.294 e. The molecule has 0 amide bonds. The topological polar surface area (TPSA) is 17.1 Å². The molecule has 0 spiro atoms. The highest BCUT2D eigenvalue weighted by Gasteiger charge is 2.12. The van der Waals surface area contributed by atoms with E-state index in [4.69, 9.17) is 0 Å². The zero-order valence-electron chi connectivity index (χ0n) is 11.8. The molecule has 1 nitrogen and oxygen atoms in total. The summed E-state index contributed by atoms with van der Waals surface area (Å²) < 4.78 is 13.8. The summed E-state index contributed by atoms with van der Waals surface area (Å²) in [5, 5.41) is 1.17. The molecular formula is C19H15FO. The number of rotatable bonds is 3. The minimum Gasteiger partial charge on any atom is -0.294 e. The summed E-state index contributed by atoms with van der Waals surface area (Å²) in [6, 6.07) is 17.9. The monoisotopic (exact) mass is 278 g/mol. The lowest BCUT2D eigenvalue weighted by Gasteiger charge is -2.07. The van der Waals surface area contributed by atoms with Crippen molar-refractivity contribution in [2.45, 2.75) is 13.3 Å². The van der Waals surface area contributed by atoms with Gasteiger partial charge in [0.05, 0.1) is 0 Å². The highest BCUT2D eigenvalue weighted by Crippen LogP contribution is 2.23. The normalized spacial score (nSPS) is 10.8. The summed E-state index contributed by atoms with van der Waals surface area (Å²) in [6.07, 6.45) is 0.329. The molecule has 0 fully saturated rings. The fourth-order valence-corrected chi connectivity index (χ4v) is 2.49. The number of ketones is 1. The highest BCUT2D eigenvalue weighted by molar-refractivity contribution is 6.08. The molecule has 0 bridgehead atoms. The number of hydrogen-bond donors (Lipinski definition) is 0. The first-order valence-corrected chi connectivity index (χ1v) is 6.91. The van der Waals surface area contributed by atoms with E-state index in [0.717, 1.165) is 5.56 Å². The first-order chi connectivity index (χ1) is 10.1. The molecule has 3 rings (SSSR count). The summed E-state index contributed by atoms with van der Waals surface area (Å²) in [6.45, 7) is 2.01. The Morgan fingerprint density at radius 3 is 2.29 bits per heavy atom. The van der Waals surface area contributed by atoms with Gasteiger partial charge in [-0.1, -0.05) is 54.1 Å². The summed E-state index contributed by atoms with van der Waals surface area (Å²) >= 11 is 0. The van der Waals surface area contributed by atoms with E-state index >= 15 is 0 Å². The summed E-state index contributed by atoms with van der Waals surface area (Å²) in [7, 11) is 0. The van der Waals surface area contributed by atoms with E-state index < -0.39 is 0 Å². The van der Waals surface area contributed by atoms with Crippen molar-refractivity contribution in [2.24, 2.45) is 0 Å². The number of fused-ring (bicyclic) bond motifs is 1. The maximum Gasteiger partial charge on any atom is 0.167 e. The predicted molar refractivity (Wildman–Crippen MR) is 83.1 cm³/mol. The van der Waals surface area contributed by atoms with E-state index in [1.54, 1.807) is 24.3 Å². The van der Waals surface area contributed by atoms with Gasteiger partial charge in [-0.2, -0.15) is 0 Å². The molecule has 21 heavy (non-hydrogen) atoms. The maximum atomic E-state index is 13.8. The van der Waals surface area contributed by atoms with Gasteiger partial charge in [0.1, 0.15) is 5.82 Å². The van der Waals surface area contributed by atoms with Crippen molar-refractivity contribution in [3.63, 3.8) is 0 Å². The van der Waals surface area contributed by atoms with E-state index in [-0.39, 0.29) is 11.6 Å². The van der Waals surface area contributed by atoms with Crippen LogP contribution in [0, 0.1) is 12.7 Å². The van der Waals surface area contributed by atoms with Gasteiger partial charge in [0.25, 0.3) is 0 Å². The summed E-state index contributed by atoms with van der Waals surface area (Å²) in [5.41, 5.74) is 2.71. The van der Waals surface area contributed by atoms with Crippen molar-refractivity contribution < 1.29 is 9.18 Å². The first kappa shape index (κ1) is 13.5. The molecule has 0 aliphatic rings. The van der Waals surface area contributed by atoms with E-state index in [9.17, 15) is 9.18 Å². The van der Waals surface area contributed by atoms with Crippen LogP contribution in [0.4, 0.5) is 4.39 Å². The average molecular weight is 278 g/mol. The Labute approximate surface area is 123 Å². The fourth-order valence-electron chi connectivity index (χ4n) is 2.49. The fraction of sp³-hybridized carbons (Fsp3) is 0.105. The quantitative estimate of drug-likeness (QED) is 0.634. The number of carbonyl (C=O) groups is 1. The molecule has 0 saturated heterocycles. The third-order valence-electron chi connectivity index (χ3n) is 3.66. The molecule has 0 heterocycles. The van der Waals surface area contributed by atoms with Crippen LogP contribution in [0.25, 0.3) is 10.8 Å².